The van der Waals surface area contributed by atoms with Crippen molar-refractivity contribution in [2.75, 3.05) is 65.7 Å². The van der Waals surface area contributed by atoms with Gasteiger partial charge in [-0.3, -0.25) is 43.5 Å². The van der Waals surface area contributed by atoms with E-state index in [1.807, 2.05) is 70.0 Å². The van der Waals surface area contributed by atoms with Crippen LogP contribution < -0.4 is 15.2 Å². The summed E-state index contributed by atoms with van der Waals surface area (Å²) in [6.45, 7) is 7.60. The number of carbonyl (C=O) groups excluding carboxylic acids is 8. The van der Waals surface area contributed by atoms with E-state index in [2.05, 4.69) is 20.7 Å². The van der Waals surface area contributed by atoms with Crippen LogP contribution >= 0.6 is 86.3 Å². The van der Waals surface area contributed by atoms with E-state index in [-0.39, 0.29) is 116 Å². The van der Waals surface area contributed by atoms with Crippen LogP contribution in [0.3, 0.4) is 0 Å². The number of likely N-dealkylation sites (N-methyl/N-ethyl adjacent to an activating group) is 1. The minimum atomic E-state index is -4.65. The number of aromatic hydroxyl groups is 2. The molecule has 0 aliphatic carbocycles. The number of aryl methyl sites for hydroxylation is 1. The van der Waals surface area contributed by atoms with Gasteiger partial charge in [-0.05, 0) is 161 Å². The summed E-state index contributed by atoms with van der Waals surface area (Å²) in [6.07, 6.45) is -13.9. The van der Waals surface area contributed by atoms with Crippen molar-refractivity contribution in [3.63, 3.8) is 0 Å². The fourth-order valence-corrected chi connectivity index (χ4v) is 11.5. The van der Waals surface area contributed by atoms with Crippen LogP contribution in [-0.2, 0) is 49.4 Å². The predicted molar refractivity (Wildman–Crippen MR) is 406 cm³/mol. The van der Waals surface area contributed by atoms with Gasteiger partial charge in [0.05, 0.1) is 96.9 Å². The lowest BCUT2D eigenvalue weighted by Gasteiger charge is -2.16. The Morgan fingerprint density at radius 1 is 0.459 bits per heavy atom. The van der Waals surface area contributed by atoms with Crippen LogP contribution in [0.4, 0.5) is 39.5 Å². The molecule has 19 nitrogen and oxygen atoms in total. The van der Waals surface area contributed by atoms with Crippen molar-refractivity contribution in [2.24, 2.45) is 5.73 Å². The number of phenols is 2. The van der Waals surface area contributed by atoms with E-state index in [9.17, 15) is 83.0 Å². The highest BCUT2D eigenvalue weighted by molar-refractivity contribution is 9.09. The molecule has 0 saturated carbocycles. The van der Waals surface area contributed by atoms with Crippen LogP contribution in [0.15, 0.2) is 146 Å². The summed E-state index contributed by atoms with van der Waals surface area (Å²) in [5, 5.41) is 19.4. The monoisotopic (exact) mass is 1730 g/mol. The number of fused-ring (bicyclic) bond motifs is 4. The van der Waals surface area contributed by atoms with Gasteiger partial charge in [-0.15, -0.1) is 24.0 Å². The number of rotatable bonds is 15. The number of carbonyl (C=O) groups is 8. The molecule has 0 spiro atoms. The average Bonchev–Trinajstić information content (AvgIpc) is 1.02. The van der Waals surface area contributed by atoms with Crippen molar-refractivity contribution in [3.8, 4) is 23.0 Å². The van der Waals surface area contributed by atoms with Crippen LogP contribution in [0.25, 0.3) is 0 Å². The first-order chi connectivity index (χ1) is 51.6. The van der Waals surface area contributed by atoms with Gasteiger partial charge in [-0.1, -0.05) is 124 Å². The number of benzene rings is 8. The lowest BCUT2D eigenvalue weighted by atomic mass is 10.1. The molecule has 4 N–H and O–H groups in total. The first-order valence-electron chi connectivity index (χ1n) is 32.6. The maximum absolute atomic E-state index is 13.1. The quantitative estimate of drug-likeness (QED) is 0.0284. The average molecular weight is 1740 g/mol. The van der Waals surface area contributed by atoms with Crippen molar-refractivity contribution < 1.29 is 102 Å². The number of alkyl halides is 11. The smallest absolute Gasteiger partial charge is 0.417 e. The number of nitrogens with zero attached hydrogens (tertiary/aromatic N) is 5. The molecule has 0 atom stereocenters. The van der Waals surface area contributed by atoms with Crippen molar-refractivity contribution >= 4 is 134 Å². The van der Waals surface area contributed by atoms with E-state index in [4.69, 9.17) is 78.3 Å². The van der Waals surface area contributed by atoms with Gasteiger partial charge in [0.2, 0.25) is 0 Å². The second-order valence-electron chi connectivity index (χ2n) is 24.1. The summed E-state index contributed by atoms with van der Waals surface area (Å²) in [7, 11) is 7.75. The Labute approximate surface area is 670 Å². The van der Waals surface area contributed by atoms with Crippen LogP contribution in [-0.4, -0.2) is 148 Å². The Kier molecular flexibility index (Phi) is 34.2. The van der Waals surface area contributed by atoms with Gasteiger partial charge in [0.15, 0.2) is 0 Å². The molecular weight excluding hydrogens is 1670 g/mol. The van der Waals surface area contributed by atoms with Gasteiger partial charge in [-0.2, -0.15) is 39.5 Å². The molecule has 35 heteroatoms. The lowest BCUT2D eigenvalue weighted by Crippen LogP contribution is -2.29. The van der Waals surface area contributed by atoms with Gasteiger partial charge < -0.3 is 40.0 Å². The number of esters is 2. The molecule has 6 amide bonds. The molecular formula is C76H70BrCl6F9N6O13. The zero-order chi connectivity index (χ0) is 82.0. The number of hydrogen-bond donors (Lipinski definition) is 3. The third-order valence-electron chi connectivity index (χ3n) is 15.7. The molecule has 0 saturated heterocycles. The maximum Gasteiger partial charge on any atom is 0.417 e. The second-order valence-corrected chi connectivity index (χ2v) is 27.2. The third-order valence-corrected chi connectivity index (χ3v) is 17.2. The highest BCUT2D eigenvalue weighted by Crippen LogP contribution is 2.41. The summed E-state index contributed by atoms with van der Waals surface area (Å²) in [5.41, 5.74) is 5.52. The zero-order valence-corrected chi connectivity index (χ0v) is 65.9. The molecule has 0 unspecified atom stereocenters. The lowest BCUT2D eigenvalue weighted by molar-refractivity contribution is -0.138. The third kappa shape index (κ3) is 24.0. The Bertz CT molecular complexity index is 4750. The van der Waals surface area contributed by atoms with Crippen LogP contribution in [0.5, 0.6) is 23.0 Å². The van der Waals surface area contributed by atoms with E-state index in [1.165, 1.54) is 66.7 Å². The number of cyclic esters (lactones) is 2. The summed E-state index contributed by atoms with van der Waals surface area (Å²) >= 11 is 31.1. The van der Waals surface area contributed by atoms with Crippen LogP contribution in [0.2, 0.25) is 20.1 Å². The summed E-state index contributed by atoms with van der Waals surface area (Å²) < 4.78 is 132. The minimum Gasteiger partial charge on any atom is -0.507 e. The van der Waals surface area contributed by atoms with E-state index in [0.717, 1.165) is 85.0 Å². The number of amides is 6. The van der Waals surface area contributed by atoms with E-state index in [0.29, 0.717) is 26.3 Å². The largest absolute Gasteiger partial charge is 0.507 e. The maximum atomic E-state index is 13.1. The van der Waals surface area contributed by atoms with Gasteiger partial charge in [-0.25, -0.2) is 9.59 Å². The molecule has 111 heavy (non-hydrogen) atoms. The molecule has 4 aliphatic heterocycles. The number of halogens is 16. The Morgan fingerprint density at radius 3 is 1.14 bits per heavy atom. The normalized spacial score (nSPS) is 13.1. The van der Waals surface area contributed by atoms with Crippen LogP contribution in [0.1, 0.15) is 141 Å². The van der Waals surface area contributed by atoms with E-state index < -0.39 is 97.7 Å². The van der Waals surface area contributed by atoms with Gasteiger partial charge >= 0.3 is 30.5 Å². The van der Waals surface area contributed by atoms with Crippen molar-refractivity contribution in [1.29, 1.82) is 0 Å². The summed E-state index contributed by atoms with van der Waals surface area (Å²) in [5.74, 6) is -4.55. The van der Waals surface area contributed by atoms with E-state index >= 15 is 0 Å². The fourth-order valence-electron chi connectivity index (χ4n) is 10.4. The molecule has 8 aromatic carbocycles. The Hall–Kier alpha value is -9.01. The fraction of sp³-hybridized carbons (Fsp3) is 0.263. The number of hydrogen-bond acceptors (Lipinski definition) is 16. The molecule has 4 aliphatic rings. The van der Waals surface area contributed by atoms with Gasteiger partial charge in [0.25, 0.3) is 35.4 Å². The van der Waals surface area contributed by atoms with Gasteiger partial charge in [0, 0.05) is 35.9 Å². The second kappa shape index (κ2) is 41.0. The highest BCUT2D eigenvalue weighted by Gasteiger charge is 2.43. The van der Waals surface area contributed by atoms with Gasteiger partial charge in [0.1, 0.15) is 35.2 Å². The number of imide groups is 3. The molecule has 12 rings (SSSR count). The summed E-state index contributed by atoms with van der Waals surface area (Å²) in [6, 6.07) is 33.2. The molecule has 0 bridgehead atoms. The SMILES string of the molecule is CCBr.CCOc1cccc2c1C(=O)N(Cc1ccc(Cl)c(C(F)(F)F)c1)C2=O.CN(C)CCCl.CN(C)CCOc1cccc2c1C(=O)N(Cc1ccc(Cl)c(C(F)(F)F)c1)C2=O.Cc1cc(CN)ccc1Cl.Cl.O=C1OC(=O)c2c(O)cccc21.O=C1c2cccc(O)c2C(=O)N1Cc1ccc(Cl)c(C(F)(F)F)c1. The molecule has 0 aromatic heterocycles. The number of nitrogens with two attached hydrogens (primary N) is 1. The van der Waals surface area contributed by atoms with Crippen molar-refractivity contribution in [2.45, 2.75) is 65.5 Å². The molecule has 0 radical (unpaired) electrons. The topological polar surface area (TPSA) is 247 Å². The Morgan fingerprint density at radius 2 is 0.802 bits per heavy atom. The molecule has 4 heterocycles. The van der Waals surface area contributed by atoms with E-state index in [1.54, 1.807) is 31.2 Å². The molecule has 8 aromatic rings. The Balaban J connectivity index is 0.000000250. The number of ether oxygens (including phenoxy) is 3. The minimum absolute atomic E-state index is 0. The summed E-state index contributed by atoms with van der Waals surface area (Å²) in [4.78, 5) is 104. The molecule has 594 valence electrons. The first-order valence-corrected chi connectivity index (χ1v) is 35.8. The zero-order valence-electron chi connectivity index (χ0n) is 59.7. The number of phenolic OH excluding ortho intramolecular Hbond substituents is 2. The van der Waals surface area contributed by atoms with Crippen molar-refractivity contribution in [1.82, 2.24) is 24.5 Å². The molecule has 0 fully saturated rings. The predicted octanol–water partition coefficient (Wildman–Crippen LogP) is 17.9. The highest BCUT2D eigenvalue weighted by atomic mass is 79.9. The first kappa shape index (κ1) is 92.6. The standard InChI is InChI=1S/C20H18ClF3N2O3.C18H13ClF3NO3.C16H9ClF3NO3.C8H10ClN.C8H4O4.C4H10ClN.C2H5Br.ClH/c1-25(2)8-9-29-16-5-3-4-13-17(16)19(28)26(18(13)27)11-12-6-7-15(21)14(10-12)20(22,23)24;1-2-26-14-5-3-4-11-15(14)17(25)23(16(11)24)9-10-6-7-13(19)12(8-10)18(20,21)22;17-11-5-4-8(6-10(11)16(18,19)20)7-21-14(23)9-2-1-3-12(22)13(9)15(21)24;1-6-4-7(5-10)2-3-8(6)9;9-5-3-1-2-4-6(5)8(11)12-7(4)10;1-6(2)4-3-5;1-2-3;/h3-7,10H,8-9,11H2,1-2H3;3-8H,2,9H2,1H3;1-6,22H,7H2;2-4H,5,10H2,1H3;1-3,9H;3-4H2,1-2H3;2H2,1H3;1H. The van der Waals surface area contributed by atoms with Crippen molar-refractivity contribution in [3.05, 3.63) is 255 Å². The van der Waals surface area contributed by atoms with Crippen LogP contribution in [0, 0.1) is 6.92 Å².